The minimum atomic E-state index is -1.17. The van der Waals surface area contributed by atoms with Gasteiger partial charge in [0.05, 0.1) is 17.8 Å². The number of ether oxygens (including phenoxy) is 2. The third-order valence-corrected chi connectivity index (χ3v) is 3.81. The van der Waals surface area contributed by atoms with Gasteiger partial charge in [-0.1, -0.05) is 30.7 Å². The van der Waals surface area contributed by atoms with Crippen LogP contribution in [0.5, 0.6) is 11.5 Å². The second kappa shape index (κ2) is 8.39. The van der Waals surface area contributed by atoms with Crippen molar-refractivity contribution in [2.75, 3.05) is 19.0 Å². The highest BCUT2D eigenvalue weighted by atomic mass is 35.5. The molecular weight excluding hydrogens is 346 g/mol. The highest BCUT2D eigenvalue weighted by Gasteiger charge is 2.16. The van der Waals surface area contributed by atoms with Crippen LogP contribution in [0.15, 0.2) is 36.4 Å². The van der Waals surface area contributed by atoms with Gasteiger partial charge in [-0.05, 0) is 30.2 Å². The summed E-state index contributed by atoms with van der Waals surface area (Å²) in [7, 11) is 1.34. The number of carbonyl (C=O) groups is 2. The fraction of sp³-hybridized carbons (Fsp3) is 0.222. The van der Waals surface area contributed by atoms with Crippen LogP contribution in [-0.4, -0.2) is 30.7 Å². The van der Waals surface area contributed by atoms with Crippen LogP contribution >= 0.6 is 11.6 Å². The molecule has 0 atom stereocenters. The van der Waals surface area contributed by atoms with Gasteiger partial charge in [-0.2, -0.15) is 0 Å². The van der Waals surface area contributed by atoms with E-state index in [2.05, 4.69) is 12.2 Å². The Balaban J connectivity index is 2.03. The van der Waals surface area contributed by atoms with Gasteiger partial charge < -0.3 is 19.9 Å². The number of hydrogen-bond acceptors (Lipinski definition) is 4. The van der Waals surface area contributed by atoms with Crippen molar-refractivity contribution in [2.24, 2.45) is 0 Å². The van der Waals surface area contributed by atoms with Gasteiger partial charge >= 0.3 is 5.97 Å². The first kappa shape index (κ1) is 18.6. The molecule has 0 fully saturated rings. The monoisotopic (exact) mass is 363 g/mol. The maximum absolute atomic E-state index is 12.0. The molecule has 0 saturated carbocycles. The van der Waals surface area contributed by atoms with Crippen LogP contribution in [0.3, 0.4) is 0 Å². The molecule has 0 aromatic heterocycles. The third-order valence-electron chi connectivity index (χ3n) is 3.50. The molecule has 6 nitrogen and oxygen atoms in total. The van der Waals surface area contributed by atoms with E-state index in [0.717, 1.165) is 6.42 Å². The molecule has 0 spiro atoms. The minimum Gasteiger partial charge on any atom is -0.496 e. The summed E-state index contributed by atoms with van der Waals surface area (Å²) in [5.74, 6) is -0.914. The zero-order chi connectivity index (χ0) is 18.4. The molecule has 0 aliphatic rings. The Bertz CT molecular complexity index is 774. The molecule has 2 aromatic rings. The van der Waals surface area contributed by atoms with Crippen molar-refractivity contribution in [2.45, 2.75) is 13.3 Å². The van der Waals surface area contributed by atoms with Crippen LogP contribution < -0.4 is 14.8 Å². The van der Waals surface area contributed by atoms with Crippen molar-refractivity contribution < 1.29 is 24.2 Å². The summed E-state index contributed by atoms with van der Waals surface area (Å²) in [5.41, 5.74) is 1.34. The lowest BCUT2D eigenvalue weighted by Crippen LogP contribution is -2.20. The van der Waals surface area contributed by atoms with Crippen molar-refractivity contribution in [1.29, 1.82) is 0 Å². The van der Waals surface area contributed by atoms with Crippen molar-refractivity contribution in [3.05, 3.63) is 52.5 Å². The number of nitrogens with one attached hydrogen (secondary N) is 1. The van der Waals surface area contributed by atoms with Crippen LogP contribution in [0.2, 0.25) is 5.02 Å². The van der Waals surface area contributed by atoms with Crippen molar-refractivity contribution in [1.82, 2.24) is 0 Å². The van der Waals surface area contributed by atoms with Crippen molar-refractivity contribution >= 4 is 29.2 Å². The molecule has 0 saturated heterocycles. The lowest BCUT2D eigenvalue weighted by molar-refractivity contribution is -0.118. The lowest BCUT2D eigenvalue weighted by Gasteiger charge is -2.12. The van der Waals surface area contributed by atoms with E-state index in [1.54, 1.807) is 12.1 Å². The molecular formula is C18H18ClNO5. The van der Waals surface area contributed by atoms with E-state index >= 15 is 0 Å². The summed E-state index contributed by atoms with van der Waals surface area (Å²) >= 11 is 6.02. The Morgan fingerprint density at radius 1 is 1.20 bits per heavy atom. The topological polar surface area (TPSA) is 84.9 Å². The highest BCUT2D eigenvalue weighted by Crippen LogP contribution is 2.31. The summed E-state index contributed by atoms with van der Waals surface area (Å²) in [5, 5.41) is 11.8. The number of halogens is 1. The Hall–Kier alpha value is -2.73. The molecule has 2 rings (SSSR count). The fourth-order valence-corrected chi connectivity index (χ4v) is 2.35. The van der Waals surface area contributed by atoms with E-state index in [4.69, 9.17) is 26.2 Å². The second-order valence-electron chi connectivity index (χ2n) is 5.17. The van der Waals surface area contributed by atoms with Crippen LogP contribution in [0.1, 0.15) is 22.8 Å². The van der Waals surface area contributed by atoms with Gasteiger partial charge in [-0.15, -0.1) is 0 Å². The van der Waals surface area contributed by atoms with E-state index in [9.17, 15) is 9.59 Å². The van der Waals surface area contributed by atoms with E-state index in [1.165, 1.54) is 24.8 Å². The SMILES string of the molecule is CCc1ccc(OCC(=O)Nc2cc(OC)c(C(=O)O)cc2Cl)cc1. The fourth-order valence-electron chi connectivity index (χ4n) is 2.14. The minimum absolute atomic E-state index is 0.0854. The van der Waals surface area contributed by atoms with E-state index in [1.807, 2.05) is 12.1 Å². The average molecular weight is 364 g/mol. The summed E-state index contributed by atoms with van der Waals surface area (Å²) in [6, 6.07) is 10.0. The van der Waals surface area contributed by atoms with Gasteiger partial charge in [-0.25, -0.2) is 4.79 Å². The molecule has 0 aliphatic carbocycles. The molecule has 1 amide bonds. The van der Waals surface area contributed by atoms with E-state index in [-0.39, 0.29) is 28.6 Å². The zero-order valence-corrected chi connectivity index (χ0v) is 14.6. The first-order chi connectivity index (χ1) is 11.9. The normalized spacial score (nSPS) is 10.2. The van der Waals surface area contributed by atoms with Crippen LogP contribution in [-0.2, 0) is 11.2 Å². The predicted octanol–water partition coefficient (Wildman–Crippen LogP) is 3.63. The molecule has 0 bridgehead atoms. The van der Waals surface area contributed by atoms with Crippen LogP contribution in [0.4, 0.5) is 5.69 Å². The van der Waals surface area contributed by atoms with E-state index in [0.29, 0.717) is 5.75 Å². The number of aryl methyl sites for hydroxylation is 1. The maximum Gasteiger partial charge on any atom is 0.339 e. The summed E-state index contributed by atoms with van der Waals surface area (Å²) in [6.07, 6.45) is 0.924. The van der Waals surface area contributed by atoms with Gasteiger partial charge in [0.2, 0.25) is 0 Å². The number of carboxylic acid groups (broad SMARTS) is 1. The summed E-state index contributed by atoms with van der Waals surface area (Å²) in [4.78, 5) is 23.2. The Morgan fingerprint density at radius 2 is 1.88 bits per heavy atom. The molecule has 7 heteroatoms. The number of anilines is 1. The molecule has 0 heterocycles. The lowest BCUT2D eigenvalue weighted by atomic mass is 10.1. The number of rotatable bonds is 7. The number of carbonyl (C=O) groups excluding carboxylic acids is 1. The zero-order valence-electron chi connectivity index (χ0n) is 13.8. The summed E-state index contributed by atoms with van der Waals surface area (Å²) in [6.45, 7) is 1.85. The summed E-state index contributed by atoms with van der Waals surface area (Å²) < 4.78 is 10.4. The first-order valence-corrected chi connectivity index (χ1v) is 7.94. The van der Waals surface area contributed by atoms with Gasteiger partial charge in [0.25, 0.3) is 5.91 Å². The second-order valence-corrected chi connectivity index (χ2v) is 5.58. The third kappa shape index (κ3) is 4.87. The predicted molar refractivity (Wildman–Crippen MR) is 94.9 cm³/mol. The van der Waals surface area contributed by atoms with Gasteiger partial charge in [0.1, 0.15) is 17.1 Å². The van der Waals surface area contributed by atoms with Crippen LogP contribution in [0, 0.1) is 0 Å². The molecule has 0 unspecified atom stereocenters. The molecule has 0 radical (unpaired) electrons. The standard InChI is InChI=1S/C18H18ClNO5/c1-3-11-4-6-12(7-5-11)25-10-17(21)20-15-9-16(24-2)13(18(22)23)8-14(15)19/h4-9H,3,10H2,1-2H3,(H,20,21)(H,22,23). The Kier molecular flexibility index (Phi) is 6.25. The highest BCUT2D eigenvalue weighted by molar-refractivity contribution is 6.34. The number of benzene rings is 2. The molecule has 0 aliphatic heterocycles. The number of hydrogen-bond donors (Lipinski definition) is 2. The van der Waals surface area contributed by atoms with E-state index < -0.39 is 11.9 Å². The average Bonchev–Trinajstić information content (AvgIpc) is 2.61. The van der Waals surface area contributed by atoms with Crippen molar-refractivity contribution in [3.8, 4) is 11.5 Å². The van der Waals surface area contributed by atoms with Gasteiger partial charge in [0.15, 0.2) is 6.61 Å². The largest absolute Gasteiger partial charge is 0.496 e. The number of aromatic carboxylic acids is 1. The smallest absolute Gasteiger partial charge is 0.339 e. The molecule has 2 N–H and O–H groups in total. The quantitative estimate of drug-likeness (QED) is 0.784. The molecule has 132 valence electrons. The molecule has 2 aromatic carbocycles. The molecule has 25 heavy (non-hydrogen) atoms. The number of carboxylic acids is 1. The Morgan fingerprint density at radius 3 is 2.44 bits per heavy atom. The number of methoxy groups -OCH3 is 1. The van der Waals surface area contributed by atoms with Crippen molar-refractivity contribution in [3.63, 3.8) is 0 Å². The van der Waals surface area contributed by atoms with Crippen LogP contribution in [0.25, 0.3) is 0 Å². The van der Waals surface area contributed by atoms with Gasteiger partial charge in [-0.3, -0.25) is 4.79 Å². The Labute approximate surface area is 150 Å². The number of amides is 1. The first-order valence-electron chi connectivity index (χ1n) is 7.57. The maximum atomic E-state index is 12.0. The van der Waals surface area contributed by atoms with Gasteiger partial charge in [0, 0.05) is 6.07 Å².